The van der Waals surface area contributed by atoms with Crippen LogP contribution < -0.4 is 9.47 Å². The highest BCUT2D eigenvalue weighted by molar-refractivity contribution is 5.92. The van der Waals surface area contributed by atoms with Gasteiger partial charge >= 0.3 is 23.9 Å². The van der Waals surface area contributed by atoms with Gasteiger partial charge in [0.2, 0.25) is 0 Å². The van der Waals surface area contributed by atoms with Crippen molar-refractivity contribution in [2.24, 2.45) is 0 Å². The maximum atomic E-state index is 12.6. The molecule has 0 saturated carbocycles. The summed E-state index contributed by atoms with van der Waals surface area (Å²) in [6.07, 6.45) is 6.26. The maximum absolute atomic E-state index is 12.6. The number of hydrogen-bond donors (Lipinski definition) is 0. The van der Waals surface area contributed by atoms with Gasteiger partial charge in [-0.05, 0) is 109 Å². The lowest BCUT2D eigenvalue weighted by Gasteiger charge is -2.17. The number of carbonyl (C=O) groups is 4. The molecule has 0 aromatic heterocycles. The molecule has 2 aliphatic rings. The summed E-state index contributed by atoms with van der Waals surface area (Å²) >= 11 is 0. The zero-order valence-corrected chi connectivity index (χ0v) is 31.3. The van der Waals surface area contributed by atoms with E-state index in [9.17, 15) is 19.2 Å². The van der Waals surface area contributed by atoms with Crippen LogP contribution in [0.5, 0.6) is 11.5 Å². The van der Waals surface area contributed by atoms with Gasteiger partial charge in [0.15, 0.2) is 12.2 Å². The Labute approximate surface area is 327 Å². The molecule has 4 aromatic rings. The predicted molar refractivity (Wildman–Crippen MR) is 210 cm³/mol. The summed E-state index contributed by atoms with van der Waals surface area (Å²) in [5, 5.41) is 0. The van der Waals surface area contributed by atoms with Crippen molar-refractivity contribution >= 4 is 36.0 Å². The van der Waals surface area contributed by atoms with Crippen LogP contribution in [0.25, 0.3) is 12.2 Å². The smallest absolute Gasteiger partial charge is 0.343 e. The molecule has 2 fully saturated rings. The van der Waals surface area contributed by atoms with Crippen molar-refractivity contribution in [3.05, 3.63) is 144 Å². The van der Waals surface area contributed by atoms with Gasteiger partial charge in [-0.3, -0.25) is 9.59 Å². The Bertz CT molecular complexity index is 1820. The van der Waals surface area contributed by atoms with Gasteiger partial charge in [-0.1, -0.05) is 73.8 Å². The molecule has 4 aromatic carbocycles. The number of esters is 4. The summed E-state index contributed by atoms with van der Waals surface area (Å²) in [6.45, 7) is 7.80. The Morgan fingerprint density at radius 1 is 0.536 bits per heavy atom. The number of ether oxygens (including phenoxy) is 6. The van der Waals surface area contributed by atoms with Gasteiger partial charge in [0.1, 0.15) is 23.7 Å². The lowest BCUT2D eigenvalue weighted by molar-refractivity contribution is -0.155. The van der Waals surface area contributed by atoms with Crippen molar-refractivity contribution in [3.8, 4) is 11.5 Å². The van der Waals surface area contributed by atoms with Crippen molar-refractivity contribution in [1.29, 1.82) is 0 Å². The fourth-order valence-corrected chi connectivity index (χ4v) is 6.57. The van der Waals surface area contributed by atoms with Crippen LogP contribution in [-0.2, 0) is 41.4 Å². The third-order valence-electron chi connectivity index (χ3n) is 9.75. The second-order valence-corrected chi connectivity index (χ2v) is 13.8. The number of benzene rings is 4. The van der Waals surface area contributed by atoms with Crippen molar-refractivity contribution in [1.82, 2.24) is 0 Å². The van der Waals surface area contributed by atoms with Gasteiger partial charge in [0, 0.05) is 12.8 Å². The van der Waals surface area contributed by atoms with E-state index < -0.39 is 36.4 Å². The molecule has 4 atom stereocenters. The van der Waals surface area contributed by atoms with E-state index in [-0.39, 0.29) is 38.0 Å². The number of carbonyl (C=O) groups excluding carboxylic acids is 4. The molecule has 0 unspecified atom stereocenters. The van der Waals surface area contributed by atoms with E-state index in [2.05, 4.69) is 13.2 Å². The summed E-state index contributed by atoms with van der Waals surface area (Å²) < 4.78 is 34.1. The number of unbranched alkanes of at least 4 members (excludes halogenated alkanes) is 2. The Morgan fingerprint density at radius 3 is 1.27 bits per heavy atom. The molecule has 10 nitrogen and oxygen atoms in total. The number of hydrogen-bond acceptors (Lipinski definition) is 10. The second kappa shape index (κ2) is 19.7. The molecule has 2 saturated heterocycles. The minimum absolute atomic E-state index is 0.187. The molecule has 0 spiro atoms. The van der Waals surface area contributed by atoms with Crippen molar-refractivity contribution < 1.29 is 47.6 Å². The van der Waals surface area contributed by atoms with E-state index in [4.69, 9.17) is 28.4 Å². The minimum Gasteiger partial charge on any atom is -0.457 e. The molecule has 2 aliphatic heterocycles. The first-order chi connectivity index (χ1) is 27.3. The quantitative estimate of drug-likeness (QED) is 0.0558. The van der Waals surface area contributed by atoms with Crippen molar-refractivity contribution in [2.75, 3.05) is 13.2 Å². The first-order valence-corrected chi connectivity index (χ1v) is 19.0. The average molecular weight is 759 g/mol. The van der Waals surface area contributed by atoms with E-state index in [1.54, 1.807) is 60.7 Å². The highest BCUT2D eigenvalue weighted by atomic mass is 16.7. The Hall–Kier alpha value is -5.84. The summed E-state index contributed by atoms with van der Waals surface area (Å²) in [5.74, 6) is -0.577. The number of rotatable bonds is 18. The SMILES string of the molecule is C=Cc1ccc(C(=O)Oc2ccc(CCCCC(=O)O[C@H]3CO[C@H]4[C@@H]3OC[C@H]4OC(=O)CCCCc3ccc(OC(=O)c4ccc(C=C)cc4)cc3)cc2)cc1. The molecular formula is C46H46O10. The van der Waals surface area contributed by atoms with Gasteiger partial charge in [-0.15, -0.1) is 0 Å². The number of aryl methyl sites for hydroxylation is 2. The van der Waals surface area contributed by atoms with Crippen LogP contribution >= 0.6 is 0 Å². The van der Waals surface area contributed by atoms with Crippen LogP contribution in [0.1, 0.15) is 81.5 Å². The van der Waals surface area contributed by atoms with Crippen LogP contribution in [0, 0.1) is 0 Å². The lowest BCUT2D eigenvalue weighted by Crippen LogP contribution is -2.35. The van der Waals surface area contributed by atoms with Gasteiger partial charge in [0.25, 0.3) is 0 Å². The van der Waals surface area contributed by atoms with E-state index in [0.717, 1.165) is 47.9 Å². The largest absolute Gasteiger partial charge is 0.457 e. The summed E-state index contributed by atoms with van der Waals surface area (Å²) in [5.41, 5.74) is 4.91. The van der Waals surface area contributed by atoms with Crippen LogP contribution in [0.15, 0.2) is 110 Å². The van der Waals surface area contributed by atoms with Crippen LogP contribution in [0.2, 0.25) is 0 Å². The van der Waals surface area contributed by atoms with Crippen LogP contribution in [0.3, 0.4) is 0 Å². The monoisotopic (exact) mass is 758 g/mol. The molecule has 0 amide bonds. The van der Waals surface area contributed by atoms with Gasteiger partial charge in [-0.25, -0.2) is 9.59 Å². The second-order valence-electron chi connectivity index (χ2n) is 13.8. The Balaban J connectivity index is 0.823. The highest BCUT2D eigenvalue weighted by Gasteiger charge is 2.51. The third kappa shape index (κ3) is 11.1. The summed E-state index contributed by atoms with van der Waals surface area (Å²) in [4.78, 5) is 50.1. The third-order valence-corrected chi connectivity index (χ3v) is 9.75. The summed E-state index contributed by atoms with van der Waals surface area (Å²) in [7, 11) is 0. The molecule has 56 heavy (non-hydrogen) atoms. The standard InChI is InChI=1S/C46H46O10/c1-3-31-13-21-35(22-14-31)45(49)53-37-25-17-33(18-26-37)9-5-7-11-41(47)55-39-29-51-44-40(30-52-43(39)44)56-42(48)12-8-6-10-34-19-27-38(28-20-34)54-46(50)36-23-15-32(4-2)16-24-36/h3-4,13-28,39-40,43-44H,1-2,5-12,29-30H2/t39-,40+,43-,44-/m1/s1. The summed E-state index contributed by atoms with van der Waals surface area (Å²) in [6, 6.07) is 28.7. The Morgan fingerprint density at radius 2 is 0.911 bits per heavy atom. The number of fused-ring (bicyclic) bond motifs is 1. The molecule has 0 N–H and O–H groups in total. The van der Waals surface area contributed by atoms with E-state index in [1.807, 2.05) is 48.5 Å². The molecule has 290 valence electrons. The molecule has 0 aliphatic carbocycles. The first-order valence-electron chi connectivity index (χ1n) is 19.0. The van der Waals surface area contributed by atoms with Gasteiger partial charge in [-0.2, -0.15) is 0 Å². The molecular weight excluding hydrogens is 712 g/mol. The fraction of sp³-hybridized carbons (Fsp3) is 0.304. The van der Waals surface area contributed by atoms with Crippen molar-refractivity contribution in [2.45, 2.75) is 75.8 Å². The molecule has 2 heterocycles. The topological polar surface area (TPSA) is 124 Å². The predicted octanol–water partition coefficient (Wildman–Crippen LogP) is 8.16. The fourth-order valence-electron chi connectivity index (χ4n) is 6.57. The van der Waals surface area contributed by atoms with Crippen LogP contribution in [0.4, 0.5) is 0 Å². The minimum atomic E-state index is -0.551. The molecule has 0 radical (unpaired) electrons. The van der Waals surface area contributed by atoms with Gasteiger partial charge in [0.05, 0.1) is 24.3 Å². The normalized spacial score (nSPS) is 18.4. The highest BCUT2D eigenvalue weighted by Crippen LogP contribution is 2.31. The van der Waals surface area contributed by atoms with E-state index in [1.165, 1.54) is 0 Å². The zero-order chi connectivity index (χ0) is 39.3. The van der Waals surface area contributed by atoms with E-state index in [0.29, 0.717) is 35.5 Å². The first kappa shape index (κ1) is 39.8. The lowest BCUT2D eigenvalue weighted by atomic mass is 10.1. The molecule has 0 bridgehead atoms. The Kier molecular flexibility index (Phi) is 14.0. The average Bonchev–Trinajstić information content (AvgIpc) is 3.82. The zero-order valence-electron chi connectivity index (χ0n) is 31.3. The molecule has 10 heteroatoms. The van der Waals surface area contributed by atoms with E-state index >= 15 is 0 Å². The van der Waals surface area contributed by atoms with Crippen LogP contribution in [-0.4, -0.2) is 61.5 Å². The van der Waals surface area contributed by atoms with Crippen molar-refractivity contribution in [3.63, 3.8) is 0 Å². The van der Waals surface area contributed by atoms with Gasteiger partial charge < -0.3 is 28.4 Å². The maximum Gasteiger partial charge on any atom is 0.343 e. The molecule has 6 rings (SSSR count).